The summed E-state index contributed by atoms with van der Waals surface area (Å²) in [6.45, 7) is 7.83. The molecule has 0 aromatic heterocycles. The van der Waals surface area contributed by atoms with Crippen molar-refractivity contribution < 1.29 is 28.0 Å². The van der Waals surface area contributed by atoms with E-state index in [1.54, 1.807) is 6.92 Å². The number of phosphoric ester groups is 1. The zero-order chi connectivity index (χ0) is 19.0. The molecule has 0 heterocycles. The molecule has 0 rings (SSSR count). The van der Waals surface area contributed by atoms with Gasteiger partial charge < -0.3 is 9.63 Å². The van der Waals surface area contributed by atoms with E-state index in [0.29, 0.717) is 18.4 Å². The lowest BCUT2D eigenvalue weighted by Crippen LogP contribution is -2.07. The SMILES string of the molecule is C=C(C)C(=O)OCCCCOP(=O)(O)OCCCCCCCCCC. The van der Waals surface area contributed by atoms with Crippen LogP contribution in [0.25, 0.3) is 0 Å². The Morgan fingerprint density at radius 3 is 1.84 bits per heavy atom. The van der Waals surface area contributed by atoms with Crippen LogP contribution in [0, 0.1) is 0 Å². The first kappa shape index (κ1) is 24.3. The van der Waals surface area contributed by atoms with Crippen molar-refractivity contribution in [2.45, 2.75) is 78.1 Å². The number of phosphoric acid groups is 1. The zero-order valence-electron chi connectivity index (χ0n) is 15.8. The summed E-state index contributed by atoms with van der Waals surface area (Å²) in [6, 6.07) is 0. The van der Waals surface area contributed by atoms with Crippen molar-refractivity contribution in [1.29, 1.82) is 0 Å². The number of ether oxygens (including phenoxy) is 1. The Labute approximate surface area is 152 Å². The summed E-state index contributed by atoms with van der Waals surface area (Å²) in [6.07, 6.45) is 10.3. The lowest BCUT2D eigenvalue weighted by molar-refractivity contribution is -0.139. The second-order valence-electron chi connectivity index (χ2n) is 6.23. The van der Waals surface area contributed by atoms with Crippen LogP contribution in [0.4, 0.5) is 0 Å². The average Bonchev–Trinajstić information content (AvgIpc) is 2.56. The van der Waals surface area contributed by atoms with E-state index >= 15 is 0 Å². The highest BCUT2D eigenvalue weighted by atomic mass is 31.2. The predicted octanol–water partition coefficient (Wildman–Crippen LogP) is 5.16. The summed E-state index contributed by atoms with van der Waals surface area (Å²) in [5, 5.41) is 0. The van der Waals surface area contributed by atoms with Gasteiger partial charge in [-0.3, -0.25) is 9.05 Å². The van der Waals surface area contributed by atoms with Crippen LogP contribution < -0.4 is 0 Å². The molecule has 0 aliphatic rings. The molecule has 0 aromatic rings. The summed E-state index contributed by atoms with van der Waals surface area (Å²) in [5.41, 5.74) is 0.352. The molecule has 0 saturated carbocycles. The van der Waals surface area contributed by atoms with Crippen molar-refractivity contribution >= 4 is 13.8 Å². The Bertz CT molecular complexity index is 410. The van der Waals surface area contributed by atoms with E-state index in [1.165, 1.54) is 32.1 Å². The highest BCUT2D eigenvalue weighted by molar-refractivity contribution is 7.47. The highest BCUT2D eigenvalue weighted by Gasteiger charge is 2.20. The van der Waals surface area contributed by atoms with Crippen LogP contribution in [0.3, 0.4) is 0 Å². The van der Waals surface area contributed by atoms with Crippen molar-refractivity contribution in [2.24, 2.45) is 0 Å². The molecule has 0 bridgehead atoms. The molecule has 0 aliphatic heterocycles. The minimum atomic E-state index is -3.97. The molecule has 0 amide bonds. The maximum absolute atomic E-state index is 11.7. The lowest BCUT2D eigenvalue weighted by atomic mass is 10.1. The van der Waals surface area contributed by atoms with Crippen LogP contribution in [-0.2, 0) is 23.1 Å². The molecule has 6 nitrogen and oxygen atoms in total. The molecule has 0 aliphatic carbocycles. The number of rotatable bonds is 17. The van der Waals surface area contributed by atoms with E-state index in [-0.39, 0.29) is 19.8 Å². The number of carbonyl (C=O) groups excluding carboxylic acids is 1. The first-order valence-corrected chi connectivity index (χ1v) is 10.8. The Hall–Kier alpha value is -0.680. The van der Waals surface area contributed by atoms with Gasteiger partial charge in [0.05, 0.1) is 19.8 Å². The van der Waals surface area contributed by atoms with Crippen molar-refractivity contribution in [3.63, 3.8) is 0 Å². The maximum atomic E-state index is 11.7. The first-order chi connectivity index (χ1) is 11.9. The minimum Gasteiger partial charge on any atom is -0.462 e. The summed E-state index contributed by atoms with van der Waals surface area (Å²) in [5.74, 6) is -0.428. The topological polar surface area (TPSA) is 82.1 Å². The van der Waals surface area contributed by atoms with Gasteiger partial charge in [-0.2, -0.15) is 0 Å². The van der Waals surface area contributed by atoms with Crippen LogP contribution in [0.2, 0.25) is 0 Å². The smallest absolute Gasteiger partial charge is 0.462 e. The van der Waals surface area contributed by atoms with Crippen LogP contribution in [0.5, 0.6) is 0 Å². The van der Waals surface area contributed by atoms with Gasteiger partial charge in [-0.1, -0.05) is 58.4 Å². The van der Waals surface area contributed by atoms with Gasteiger partial charge in [0.1, 0.15) is 0 Å². The summed E-state index contributed by atoms with van der Waals surface area (Å²) in [7, 11) is -3.97. The Kier molecular flexibility index (Phi) is 15.1. The number of unbranched alkanes of at least 4 members (excludes halogenated alkanes) is 8. The predicted molar refractivity (Wildman–Crippen MR) is 99.3 cm³/mol. The summed E-state index contributed by atoms with van der Waals surface area (Å²) < 4.78 is 26.4. The molecular formula is C18H35O6P. The number of hydrogen-bond donors (Lipinski definition) is 1. The second-order valence-corrected chi connectivity index (χ2v) is 7.69. The fourth-order valence-corrected chi connectivity index (χ4v) is 2.92. The van der Waals surface area contributed by atoms with E-state index < -0.39 is 13.8 Å². The third-order valence-electron chi connectivity index (χ3n) is 3.63. The quantitative estimate of drug-likeness (QED) is 0.163. The maximum Gasteiger partial charge on any atom is 0.472 e. The molecule has 0 radical (unpaired) electrons. The normalized spacial score (nSPS) is 13.4. The highest BCUT2D eigenvalue weighted by Crippen LogP contribution is 2.43. The molecule has 1 atom stereocenters. The van der Waals surface area contributed by atoms with E-state index in [2.05, 4.69) is 13.5 Å². The minimum absolute atomic E-state index is 0.0931. The molecular weight excluding hydrogens is 343 g/mol. The van der Waals surface area contributed by atoms with Gasteiger partial charge in [-0.05, 0) is 26.2 Å². The van der Waals surface area contributed by atoms with Crippen LogP contribution in [0.15, 0.2) is 12.2 Å². The average molecular weight is 378 g/mol. The van der Waals surface area contributed by atoms with Gasteiger partial charge in [0.25, 0.3) is 0 Å². The monoisotopic (exact) mass is 378 g/mol. The van der Waals surface area contributed by atoms with Gasteiger partial charge in [0, 0.05) is 5.57 Å². The van der Waals surface area contributed by atoms with Crippen molar-refractivity contribution in [1.82, 2.24) is 0 Å². The fraction of sp³-hybridized carbons (Fsp3) is 0.833. The Morgan fingerprint density at radius 1 is 0.880 bits per heavy atom. The van der Waals surface area contributed by atoms with Crippen LogP contribution in [0.1, 0.15) is 78.1 Å². The van der Waals surface area contributed by atoms with Gasteiger partial charge >= 0.3 is 13.8 Å². The number of carbonyl (C=O) groups is 1. The number of hydrogen-bond acceptors (Lipinski definition) is 5. The molecule has 0 aromatic carbocycles. The van der Waals surface area contributed by atoms with E-state index in [0.717, 1.165) is 19.3 Å². The molecule has 1 N–H and O–H groups in total. The molecule has 0 fully saturated rings. The molecule has 7 heteroatoms. The zero-order valence-corrected chi connectivity index (χ0v) is 16.7. The third kappa shape index (κ3) is 16.5. The lowest BCUT2D eigenvalue weighted by Gasteiger charge is -2.12. The molecule has 0 saturated heterocycles. The van der Waals surface area contributed by atoms with Gasteiger partial charge in [-0.15, -0.1) is 0 Å². The second kappa shape index (κ2) is 15.6. The van der Waals surface area contributed by atoms with Crippen LogP contribution >= 0.6 is 7.82 Å². The van der Waals surface area contributed by atoms with Crippen molar-refractivity contribution in [3.8, 4) is 0 Å². The van der Waals surface area contributed by atoms with Crippen LogP contribution in [-0.4, -0.2) is 30.7 Å². The standard InChI is InChI=1S/C18H35O6P/c1-4-5-6-7-8-9-10-11-15-23-25(20,21)24-16-13-12-14-22-18(19)17(2)3/h2,4-16H2,1,3H3,(H,20,21). The molecule has 148 valence electrons. The Balaban J connectivity index is 3.48. The Morgan fingerprint density at radius 2 is 1.32 bits per heavy atom. The molecule has 0 spiro atoms. The number of esters is 1. The summed E-state index contributed by atoms with van der Waals surface area (Å²) >= 11 is 0. The van der Waals surface area contributed by atoms with Gasteiger partial charge in [0.15, 0.2) is 0 Å². The van der Waals surface area contributed by atoms with Crippen molar-refractivity contribution in [2.75, 3.05) is 19.8 Å². The van der Waals surface area contributed by atoms with Gasteiger partial charge in [0.2, 0.25) is 0 Å². The van der Waals surface area contributed by atoms with E-state index in [9.17, 15) is 14.3 Å². The fourth-order valence-electron chi connectivity index (χ4n) is 2.13. The van der Waals surface area contributed by atoms with E-state index in [4.69, 9.17) is 13.8 Å². The largest absolute Gasteiger partial charge is 0.472 e. The molecule has 25 heavy (non-hydrogen) atoms. The first-order valence-electron chi connectivity index (χ1n) is 9.33. The third-order valence-corrected chi connectivity index (χ3v) is 4.64. The van der Waals surface area contributed by atoms with Gasteiger partial charge in [-0.25, -0.2) is 9.36 Å². The molecule has 1 unspecified atom stereocenters. The van der Waals surface area contributed by atoms with Crippen molar-refractivity contribution in [3.05, 3.63) is 12.2 Å². The summed E-state index contributed by atoms with van der Waals surface area (Å²) in [4.78, 5) is 20.7. The van der Waals surface area contributed by atoms with E-state index in [1.807, 2.05) is 0 Å².